The minimum Gasteiger partial charge on any atom is -0.349 e. The third kappa shape index (κ3) is 3.80. The van der Waals surface area contributed by atoms with Gasteiger partial charge in [0.1, 0.15) is 0 Å². The maximum absolute atomic E-state index is 11.5. The number of nitrogens with one attached hydrogen (secondary N) is 1. The van der Waals surface area contributed by atoms with Crippen molar-refractivity contribution in [2.24, 2.45) is 0 Å². The van der Waals surface area contributed by atoms with Gasteiger partial charge in [-0.1, -0.05) is 24.3 Å². The van der Waals surface area contributed by atoms with E-state index in [0.29, 0.717) is 12.3 Å². The van der Waals surface area contributed by atoms with Gasteiger partial charge >= 0.3 is 0 Å². The van der Waals surface area contributed by atoms with E-state index in [9.17, 15) is 4.79 Å². The second-order valence-corrected chi connectivity index (χ2v) is 5.53. The molecule has 1 amide bonds. The summed E-state index contributed by atoms with van der Waals surface area (Å²) in [6, 6.07) is 8.76. The zero-order valence-corrected chi connectivity index (χ0v) is 12.0. The smallest absolute Gasteiger partial charge is 0.223 e. The molecule has 1 unspecified atom stereocenters. The van der Waals surface area contributed by atoms with E-state index in [1.165, 1.54) is 30.4 Å². The number of hydrogen-bond acceptors (Lipinski definition) is 2. The van der Waals surface area contributed by atoms with E-state index in [0.717, 1.165) is 13.1 Å². The van der Waals surface area contributed by atoms with Crippen LogP contribution in [0.4, 0.5) is 0 Å². The van der Waals surface area contributed by atoms with Crippen LogP contribution in [0.2, 0.25) is 0 Å². The first kappa shape index (κ1) is 14.1. The maximum Gasteiger partial charge on any atom is 0.223 e. The monoisotopic (exact) mass is 260 g/mol. The first-order valence-corrected chi connectivity index (χ1v) is 7.17. The summed E-state index contributed by atoms with van der Waals surface area (Å²) in [5, 5.41) is 3.43. The number of benzene rings is 1. The molecule has 0 saturated heterocycles. The highest BCUT2D eigenvalue weighted by molar-refractivity contribution is 5.75. The number of fused-ring (bicyclic) bond motifs is 1. The molecule has 0 fully saturated rings. The van der Waals surface area contributed by atoms with Crippen LogP contribution in [0.1, 0.15) is 36.3 Å². The van der Waals surface area contributed by atoms with Crippen LogP contribution in [-0.2, 0) is 11.2 Å². The van der Waals surface area contributed by atoms with Crippen molar-refractivity contribution in [3.63, 3.8) is 0 Å². The van der Waals surface area contributed by atoms with Crippen molar-refractivity contribution in [3.05, 3.63) is 35.4 Å². The van der Waals surface area contributed by atoms with Crippen LogP contribution in [0, 0.1) is 0 Å². The van der Waals surface area contributed by atoms with Crippen LogP contribution < -0.4 is 5.32 Å². The molecule has 19 heavy (non-hydrogen) atoms. The molecular weight excluding hydrogens is 236 g/mol. The van der Waals surface area contributed by atoms with Crippen molar-refractivity contribution < 1.29 is 4.79 Å². The summed E-state index contributed by atoms with van der Waals surface area (Å²) in [4.78, 5) is 13.1. The number of aryl methyl sites for hydroxylation is 1. The van der Waals surface area contributed by atoms with Crippen LogP contribution in [0.3, 0.4) is 0 Å². The molecule has 0 saturated carbocycles. The fraction of sp³-hybridized carbons (Fsp3) is 0.562. The van der Waals surface area contributed by atoms with E-state index in [4.69, 9.17) is 0 Å². The van der Waals surface area contributed by atoms with E-state index in [1.54, 1.807) is 19.0 Å². The average molecular weight is 260 g/mol. The second kappa shape index (κ2) is 6.71. The molecule has 0 heterocycles. The Hall–Kier alpha value is -1.35. The van der Waals surface area contributed by atoms with Gasteiger partial charge < -0.3 is 10.2 Å². The standard InChI is InChI=1S/C16H24N2O/c1-18(2)16(19)10-11-17-12-14-8-5-7-13-6-3-4-9-15(13)14/h3-4,6,9,14,17H,5,7-8,10-12H2,1-2H3. The normalized spacial score (nSPS) is 17.9. The average Bonchev–Trinajstić information content (AvgIpc) is 2.43. The molecule has 104 valence electrons. The first-order valence-electron chi connectivity index (χ1n) is 7.17. The molecule has 1 atom stereocenters. The van der Waals surface area contributed by atoms with Crippen LogP contribution in [0.5, 0.6) is 0 Å². The van der Waals surface area contributed by atoms with Gasteiger partial charge in [0, 0.05) is 33.6 Å². The summed E-state index contributed by atoms with van der Waals surface area (Å²) >= 11 is 0. The summed E-state index contributed by atoms with van der Waals surface area (Å²) < 4.78 is 0. The van der Waals surface area contributed by atoms with Crippen LogP contribution in [0.25, 0.3) is 0 Å². The quantitative estimate of drug-likeness (QED) is 0.823. The number of carbonyl (C=O) groups excluding carboxylic acids is 1. The SMILES string of the molecule is CN(C)C(=O)CCNCC1CCCc2ccccc21. The highest BCUT2D eigenvalue weighted by Crippen LogP contribution is 2.30. The lowest BCUT2D eigenvalue weighted by molar-refractivity contribution is -0.128. The number of amides is 1. The lowest BCUT2D eigenvalue weighted by Gasteiger charge is -2.25. The lowest BCUT2D eigenvalue weighted by Crippen LogP contribution is -2.29. The van der Waals surface area contributed by atoms with Gasteiger partial charge in [-0.2, -0.15) is 0 Å². The van der Waals surface area contributed by atoms with E-state index in [1.807, 2.05) is 0 Å². The largest absolute Gasteiger partial charge is 0.349 e. The minimum absolute atomic E-state index is 0.191. The summed E-state index contributed by atoms with van der Waals surface area (Å²) in [6.45, 7) is 1.76. The molecular formula is C16H24N2O. The van der Waals surface area contributed by atoms with Crippen molar-refractivity contribution in [1.82, 2.24) is 10.2 Å². The molecule has 1 aromatic carbocycles. The van der Waals surface area contributed by atoms with Crippen molar-refractivity contribution in [2.75, 3.05) is 27.2 Å². The topological polar surface area (TPSA) is 32.3 Å². The van der Waals surface area contributed by atoms with Crippen molar-refractivity contribution in [1.29, 1.82) is 0 Å². The zero-order chi connectivity index (χ0) is 13.7. The van der Waals surface area contributed by atoms with Crippen molar-refractivity contribution in [2.45, 2.75) is 31.6 Å². The Morgan fingerprint density at radius 1 is 1.37 bits per heavy atom. The molecule has 3 nitrogen and oxygen atoms in total. The van der Waals surface area contributed by atoms with E-state index >= 15 is 0 Å². The number of rotatable bonds is 5. The molecule has 0 spiro atoms. The Kier molecular flexibility index (Phi) is 4.97. The summed E-state index contributed by atoms with van der Waals surface area (Å²) in [5.41, 5.74) is 3.00. The van der Waals surface area contributed by atoms with Crippen LogP contribution in [-0.4, -0.2) is 38.0 Å². The Bertz CT molecular complexity index is 429. The first-order chi connectivity index (χ1) is 9.18. The van der Waals surface area contributed by atoms with Crippen LogP contribution >= 0.6 is 0 Å². The van der Waals surface area contributed by atoms with E-state index < -0.39 is 0 Å². The molecule has 2 rings (SSSR count). The molecule has 0 bridgehead atoms. The molecule has 1 N–H and O–H groups in total. The number of carbonyl (C=O) groups is 1. The van der Waals surface area contributed by atoms with E-state index in [-0.39, 0.29) is 5.91 Å². The van der Waals surface area contributed by atoms with Gasteiger partial charge in [0.05, 0.1) is 0 Å². The third-order valence-corrected chi connectivity index (χ3v) is 3.90. The number of hydrogen-bond donors (Lipinski definition) is 1. The zero-order valence-electron chi connectivity index (χ0n) is 12.0. The van der Waals surface area contributed by atoms with Gasteiger partial charge in [0.15, 0.2) is 0 Å². The molecule has 1 aliphatic rings. The van der Waals surface area contributed by atoms with E-state index in [2.05, 4.69) is 29.6 Å². The minimum atomic E-state index is 0.191. The van der Waals surface area contributed by atoms with Gasteiger partial charge in [-0.05, 0) is 36.3 Å². The lowest BCUT2D eigenvalue weighted by atomic mass is 9.83. The van der Waals surface area contributed by atoms with Gasteiger partial charge in [-0.15, -0.1) is 0 Å². The maximum atomic E-state index is 11.5. The molecule has 0 radical (unpaired) electrons. The van der Waals surface area contributed by atoms with Gasteiger partial charge in [0.2, 0.25) is 5.91 Å². The molecule has 3 heteroatoms. The predicted octanol–water partition coefficient (Wildman–Crippen LogP) is 2.17. The Morgan fingerprint density at radius 3 is 2.95 bits per heavy atom. The molecule has 1 aromatic rings. The molecule has 1 aliphatic carbocycles. The fourth-order valence-corrected chi connectivity index (χ4v) is 2.76. The van der Waals surface area contributed by atoms with Crippen molar-refractivity contribution in [3.8, 4) is 0 Å². The second-order valence-electron chi connectivity index (χ2n) is 5.53. The summed E-state index contributed by atoms with van der Waals surface area (Å²) in [5.74, 6) is 0.802. The molecule has 0 aromatic heterocycles. The fourth-order valence-electron chi connectivity index (χ4n) is 2.76. The molecule has 0 aliphatic heterocycles. The Labute approximate surface area is 116 Å². The van der Waals surface area contributed by atoms with Crippen LogP contribution in [0.15, 0.2) is 24.3 Å². The summed E-state index contributed by atoms with van der Waals surface area (Å²) in [6.07, 6.45) is 4.33. The third-order valence-electron chi connectivity index (χ3n) is 3.90. The van der Waals surface area contributed by atoms with Crippen molar-refractivity contribution >= 4 is 5.91 Å². The number of nitrogens with zero attached hydrogens (tertiary/aromatic N) is 1. The Balaban J connectivity index is 1.80. The predicted molar refractivity (Wildman–Crippen MR) is 78.3 cm³/mol. The highest BCUT2D eigenvalue weighted by Gasteiger charge is 2.19. The Morgan fingerprint density at radius 2 is 2.16 bits per heavy atom. The highest BCUT2D eigenvalue weighted by atomic mass is 16.2. The summed E-state index contributed by atoms with van der Waals surface area (Å²) in [7, 11) is 3.61. The van der Waals surface area contributed by atoms with Gasteiger partial charge in [0.25, 0.3) is 0 Å². The van der Waals surface area contributed by atoms with Gasteiger partial charge in [-0.25, -0.2) is 0 Å². The van der Waals surface area contributed by atoms with Gasteiger partial charge in [-0.3, -0.25) is 4.79 Å².